The van der Waals surface area contributed by atoms with E-state index < -0.39 is 6.09 Å². The Bertz CT molecular complexity index is 216. The number of carbonyl (C=O) groups is 1. The summed E-state index contributed by atoms with van der Waals surface area (Å²) in [4.78, 5) is 12.4. The second-order valence-corrected chi connectivity index (χ2v) is 5.06. The van der Waals surface area contributed by atoms with Crippen LogP contribution in [0, 0.1) is 5.92 Å². The number of amides is 1. The number of hydrogen-bond donors (Lipinski definition) is 2. The average Bonchev–Trinajstić information content (AvgIpc) is 1.92. The minimum atomic E-state index is -0.876. The molecule has 2 N–H and O–H groups in total. The minimum absolute atomic E-state index is 0.212. The van der Waals surface area contributed by atoms with E-state index in [4.69, 9.17) is 10.2 Å². The van der Waals surface area contributed by atoms with Gasteiger partial charge in [-0.1, -0.05) is 0 Å². The largest absolute Gasteiger partial charge is 0.465 e. The third-order valence-electron chi connectivity index (χ3n) is 2.69. The number of carboxylic acid groups (broad SMARTS) is 1. The highest BCUT2D eigenvalue weighted by molar-refractivity contribution is 5.66. The van der Waals surface area contributed by atoms with Crippen molar-refractivity contribution < 1.29 is 15.0 Å². The SMILES string of the molecule is CC(C)(C)N(CC1CC(O)C1)C(=O)O. The normalized spacial score (nSPS) is 26.9. The summed E-state index contributed by atoms with van der Waals surface area (Å²) in [5.74, 6) is 0.334. The second-order valence-electron chi connectivity index (χ2n) is 5.06. The van der Waals surface area contributed by atoms with Crippen LogP contribution in [-0.2, 0) is 0 Å². The Morgan fingerprint density at radius 3 is 2.21 bits per heavy atom. The molecule has 0 atom stereocenters. The van der Waals surface area contributed by atoms with E-state index in [1.165, 1.54) is 4.90 Å². The van der Waals surface area contributed by atoms with Crippen LogP contribution in [0.25, 0.3) is 0 Å². The zero-order valence-electron chi connectivity index (χ0n) is 9.03. The molecule has 4 nitrogen and oxygen atoms in total. The van der Waals surface area contributed by atoms with E-state index in [0.717, 1.165) is 12.8 Å². The highest BCUT2D eigenvalue weighted by Crippen LogP contribution is 2.29. The smallest absolute Gasteiger partial charge is 0.407 e. The number of nitrogens with zero attached hydrogens (tertiary/aromatic N) is 1. The first-order chi connectivity index (χ1) is 6.30. The van der Waals surface area contributed by atoms with Crippen LogP contribution in [0.15, 0.2) is 0 Å². The van der Waals surface area contributed by atoms with Gasteiger partial charge in [0, 0.05) is 12.1 Å². The Morgan fingerprint density at radius 1 is 1.43 bits per heavy atom. The molecule has 0 bridgehead atoms. The molecule has 0 aliphatic heterocycles. The first-order valence-electron chi connectivity index (χ1n) is 4.99. The first-order valence-corrected chi connectivity index (χ1v) is 4.99. The fraction of sp³-hybridized carbons (Fsp3) is 0.900. The van der Waals surface area contributed by atoms with E-state index in [0.29, 0.717) is 12.5 Å². The van der Waals surface area contributed by atoms with E-state index >= 15 is 0 Å². The Kier molecular flexibility index (Phi) is 3.04. The highest BCUT2D eigenvalue weighted by atomic mass is 16.4. The molecule has 1 rings (SSSR count). The molecule has 4 heteroatoms. The van der Waals surface area contributed by atoms with E-state index in [2.05, 4.69) is 0 Å². The third kappa shape index (κ3) is 2.61. The Morgan fingerprint density at radius 2 is 1.93 bits per heavy atom. The summed E-state index contributed by atoms with van der Waals surface area (Å²) in [6.45, 7) is 6.19. The topological polar surface area (TPSA) is 60.8 Å². The van der Waals surface area contributed by atoms with Crippen LogP contribution in [0.4, 0.5) is 4.79 Å². The monoisotopic (exact) mass is 201 g/mol. The molecular formula is C10H19NO3. The molecule has 0 heterocycles. The summed E-state index contributed by atoms with van der Waals surface area (Å²) >= 11 is 0. The van der Waals surface area contributed by atoms with Crippen molar-refractivity contribution in [3.63, 3.8) is 0 Å². The van der Waals surface area contributed by atoms with Gasteiger partial charge in [0.25, 0.3) is 0 Å². The van der Waals surface area contributed by atoms with Crippen molar-refractivity contribution >= 4 is 6.09 Å². The lowest BCUT2D eigenvalue weighted by atomic mass is 9.81. The van der Waals surface area contributed by atoms with Gasteiger partial charge in [0.1, 0.15) is 0 Å². The van der Waals surface area contributed by atoms with Gasteiger partial charge >= 0.3 is 6.09 Å². The van der Waals surface area contributed by atoms with Crippen molar-refractivity contribution in [1.29, 1.82) is 0 Å². The zero-order chi connectivity index (χ0) is 10.9. The maximum Gasteiger partial charge on any atom is 0.407 e. The summed E-state index contributed by atoms with van der Waals surface area (Å²) in [6, 6.07) is 0. The molecule has 1 amide bonds. The number of hydrogen-bond acceptors (Lipinski definition) is 2. The number of aliphatic hydroxyl groups is 1. The van der Waals surface area contributed by atoms with Gasteiger partial charge in [0.15, 0.2) is 0 Å². The average molecular weight is 201 g/mol. The summed E-state index contributed by atoms with van der Waals surface area (Å²) in [5.41, 5.74) is -0.355. The first kappa shape index (κ1) is 11.3. The van der Waals surface area contributed by atoms with Crippen molar-refractivity contribution in [1.82, 2.24) is 4.90 Å². The van der Waals surface area contributed by atoms with E-state index in [1.807, 2.05) is 20.8 Å². The van der Waals surface area contributed by atoms with Crippen LogP contribution in [0.1, 0.15) is 33.6 Å². The van der Waals surface area contributed by atoms with Gasteiger partial charge in [0.2, 0.25) is 0 Å². The van der Waals surface area contributed by atoms with Crippen LogP contribution in [0.2, 0.25) is 0 Å². The third-order valence-corrected chi connectivity index (χ3v) is 2.69. The molecule has 0 aromatic carbocycles. The van der Waals surface area contributed by atoms with Gasteiger partial charge in [-0.2, -0.15) is 0 Å². The standard InChI is InChI=1S/C10H19NO3/c1-10(2,3)11(9(13)14)6-7-4-8(12)5-7/h7-8,12H,4-6H2,1-3H3,(H,13,14). The van der Waals surface area contributed by atoms with Gasteiger partial charge in [0.05, 0.1) is 6.10 Å². The van der Waals surface area contributed by atoms with Gasteiger partial charge in [-0.25, -0.2) is 4.79 Å². The maximum absolute atomic E-state index is 11.0. The quantitative estimate of drug-likeness (QED) is 0.712. The zero-order valence-corrected chi connectivity index (χ0v) is 9.03. The molecule has 0 spiro atoms. The van der Waals surface area contributed by atoms with Gasteiger partial charge in [-0.05, 0) is 39.5 Å². The highest BCUT2D eigenvalue weighted by Gasteiger charge is 2.34. The van der Waals surface area contributed by atoms with E-state index in [-0.39, 0.29) is 11.6 Å². The van der Waals surface area contributed by atoms with Crippen molar-refractivity contribution in [3.8, 4) is 0 Å². The van der Waals surface area contributed by atoms with Crippen molar-refractivity contribution in [2.45, 2.75) is 45.3 Å². The lowest BCUT2D eigenvalue weighted by Crippen LogP contribution is -2.49. The van der Waals surface area contributed by atoms with Gasteiger partial charge < -0.3 is 15.1 Å². The van der Waals surface area contributed by atoms with Crippen molar-refractivity contribution in [2.75, 3.05) is 6.54 Å². The molecule has 1 saturated carbocycles. The summed E-state index contributed by atoms with van der Waals surface area (Å²) in [5, 5.41) is 18.1. The lowest BCUT2D eigenvalue weighted by molar-refractivity contribution is 0.00967. The lowest BCUT2D eigenvalue weighted by Gasteiger charge is -2.40. The molecule has 1 fully saturated rings. The summed E-state index contributed by atoms with van der Waals surface area (Å²) in [7, 11) is 0. The fourth-order valence-corrected chi connectivity index (χ4v) is 1.75. The number of rotatable bonds is 2. The predicted molar refractivity (Wildman–Crippen MR) is 53.2 cm³/mol. The van der Waals surface area contributed by atoms with Crippen LogP contribution in [-0.4, -0.2) is 39.4 Å². The summed E-state index contributed by atoms with van der Waals surface area (Å²) in [6.07, 6.45) is 0.384. The molecule has 0 aromatic rings. The van der Waals surface area contributed by atoms with E-state index in [1.54, 1.807) is 0 Å². The minimum Gasteiger partial charge on any atom is -0.465 e. The molecule has 82 valence electrons. The molecule has 14 heavy (non-hydrogen) atoms. The maximum atomic E-state index is 11.0. The molecular weight excluding hydrogens is 182 g/mol. The summed E-state index contributed by atoms with van der Waals surface area (Å²) < 4.78 is 0. The van der Waals surface area contributed by atoms with Crippen molar-refractivity contribution in [3.05, 3.63) is 0 Å². The predicted octanol–water partition coefficient (Wildman–Crippen LogP) is 1.54. The van der Waals surface area contributed by atoms with Gasteiger partial charge in [-0.15, -0.1) is 0 Å². The molecule has 0 aromatic heterocycles. The van der Waals surface area contributed by atoms with Crippen molar-refractivity contribution in [2.24, 2.45) is 5.92 Å². The Hall–Kier alpha value is -0.770. The van der Waals surface area contributed by atoms with Crippen LogP contribution >= 0.6 is 0 Å². The Labute approximate surface area is 84.5 Å². The van der Waals surface area contributed by atoms with Gasteiger partial charge in [-0.3, -0.25) is 0 Å². The Balaban J connectivity index is 2.49. The van der Waals surface area contributed by atoms with Crippen LogP contribution in [0.5, 0.6) is 0 Å². The second kappa shape index (κ2) is 3.77. The molecule has 1 aliphatic rings. The van der Waals surface area contributed by atoms with E-state index in [9.17, 15) is 4.79 Å². The number of aliphatic hydroxyl groups excluding tert-OH is 1. The fourth-order valence-electron chi connectivity index (χ4n) is 1.75. The molecule has 0 unspecified atom stereocenters. The van der Waals surface area contributed by atoms with Crippen LogP contribution in [0.3, 0.4) is 0 Å². The molecule has 0 saturated heterocycles. The van der Waals surface area contributed by atoms with Crippen LogP contribution < -0.4 is 0 Å². The molecule has 0 radical (unpaired) electrons. The molecule has 1 aliphatic carbocycles.